The van der Waals surface area contributed by atoms with Crippen LogP contribution in [0.25, 0.3) is 0 Å². The molecular formula is C12H15ClN6O2. The van der Waals surface area contributed by atoms with Crippen molar-refractivity contribution < 1.29 is 9.47 Å². The minimum atomic E-state index is -0.471. The number of anilines is 2. The van der Waals surface area contributed by atoms with Gasteiger partial charge in [0.2, 0.25) is 17.2 Å². The van der Waals surface area contributed by atoms with Gasteiger partial charge in [-0.3, -0.25) is 0 Å². The monoisotopic (exact) mass is 310 g/mol. The van der Waals surface area contributed by atoms with Crippen LogP contribution < -0.4 is 9.80 Å². The lowest BCUT2D eigenvalue weighted by Crippen LogP contribution is -2.43. The number of aromatic nitrogens is 3. The highest BCUT2D eigenvalue weighted by Gasteiger charge is 2.24. The second-order valence-electron chi connectivity index (χ2n) is 4.74. The van der Waals surface area contributed by atoms with Gasteiger partial charge in [0.25, 0.3) is 0 Å². The maximum absolute atomic E-state index is 8.97. The number of rotatable bonds is 2. The van der Waals surface area contributed by atoms with Crippen molar-refractivity contribution >= 4 is 23.5 Å². The normalized spacial score (nSPS) is 23.0. The Labute approximate surface area is 127 Å². The van der Waals surface area contributed by atoms with Crippen molar-refractivity contribution in [2.75, 3.05) is 55.8 Å². The molecule has 9 heteroatoms. The third-order valence-electron chi connectivity index (χ3n) is 3.37. The Bertz CT molecular complexity index is 545. The Morgan fingerprint density at radius 1 is 1.05 bits per heavy atom. The van der Waals surface area contributed by atoms with Crippen LogP contribution in [0.15, 0.2) is 0 Å². The third-order valence-corrected chi connectivity index (χ3v) is 3.54. The van der Waals surface area contributed by atoms with Gasteiger partial charge in [-0.15, -0.1) is 0 Å². The van der Waals surface area contributed by atoms with E-state index in [4.69, 9.17) is 26.3 Å². The molecule has 0 radical (unpaired) electrons. The summed E-state index contributed by atoms with van der Waals surface area (Å²) >= 11 is 6.02. The summed E-state index contributed by atoms with van der Waals surface area (Å²) in [6.07, 6.45) is -0.471. The van der Waals surface area contributed by atoms with E-state index in [-0.39, 0.29) is 5.28 Å². The molecule has 0 saturated carbocycles. The lowest BCUT2D eigenvalue weighted by atomic mass is 10.3. The Kier molecular flexibility index (Phi) is 4.34. The molecule has 1 unspecified atom stereocenters. The van der Waals surface area contributed by atoms with Crippen LogP contribution in [0.1, 0.15) is 0 Å². The van der Waals surface area contributed by atoms with E-state index in [1.807, 2.05) is 9.80 Å². The highest BCUT2D eigenvalue weighted by molar-refractivity contribution is 6.28. The fraction of sp³-hybridized carbons (Fsp3) is 0.667. The number of nitrogens with zero attached hydrogens (tertiary/aromatic N) is 6. The summed E-state index contributed by atoms with van der Waals surface area (Å²) in [6, 6.07) is 2.10. The van der Waals surface area contributed by atoms with E-state index in [9.17, 15) is 0 Å². The van der Waals surface area contributed by atoms with Gasteiger partial charge in [-0.05, 0) is 11.6 Å². The van der Waals surface area contributed by atoms with Crippen molar-refractivity contribution in [2.45, 2.75) is 6.10 Å². The zero-order valence-electron chi connectivity index (χ0n) is 11.4. The van der Waals surface area contributed by atoms with Gasteiger partial charge in [0.1, 0.15) is 0 Å². The van der Waals surface area contributed by atoms with Crippen LogP contribution in [0, 0.1) is 11.3 Å². The number of nitriles is 1. The Morgan fingerprint density at radius 3 is 2.43 bits per heavy atom. The fourth-order valence-corrected chi connectivity index (χ4v) is 2.44. The highest BCUT2D eigenvalue weighted by atomic mass is 35.5. The third kappa shape index (κ3) is 3.32. The van der Waals surface area contributed by atoms with Crippen LogP contribution in [0.2, 0.25) is 5.28 Å². The molecule has 8 nitrogen and oxygen atoms in total. The van der Waals surface area contributed by atoms with E-state index in [0.717, 1.165) is 13.1 Å². The second-order valence-corrected chi connectivity index (χ2v) is 5.08. The van der Waals surface area contributed by atoms with Crippen molar-refractivity contribution in [2.24, 2.45) is 0 Å². The molecule has 1 atom stereocenters. The SMILES string of the molecule is N#CC1CN(c2nc(Cl)nc(N3CCOCC3)n2)CCO1. The van der Waals surface area contributed by atoms with E-state index >= 15 is 0 Å². The van der Waals surface area contributed by atoms with Crippen LogP contribution in [-0.4, -0.2) is 67.1 Å². The first kappa shape index (κ1) is 14.3. The first-order valence-corrected chi connectivity index (χ1v) is 7.14. The molecule has 112 valence electrons. The zero-order chi connectivity index (χ0) is 14.7. The molecule has 2 aliphatic rings. The lowest BCUT2D eigenvalue weighted by molar-refractivity contribution is 0.0758. The number of ether oxygens (including phenoxy) is 2. The molecule has 21 heavy (non-hydrogen) atoms. The highest BCUT2D eigenvalue weighted by Crippen LogP contribution is 2.19. The smallest absolute Gasteiger partial charge is 0.231 e. The van der Waals surface area contributed by atoms with Crippen LogP contribution >= 0.6 is 11.6 Å². The number of morpholine rings is 2. The molecule has 3 heterocycles. The number of hydrogen-bond donors (Lipinski definition) is 0. The van der Waals surface area contributed by atoms with Crippen LogP contribution in [0.3, 0.4) is 0 Å². The summed E-state index contributed by atoms with van der Waals surface area (Å²) in [5.41, 5.74) is 0. The predicted octanol–water partition coefficient (Wildman–Crippen LogP) is 0.0904. The standard InChI is InChI=1S/C12H15ClN6O2/c13-10-15-11(18-1-4-20-5-2-18)17-12(16-10)19-3-6-21-9(7-14)8-19/h9H,1-6,8H2. The molecule has 3 rings (SSSR count). The van der Waals surface area contributed by atoms with E-state index in [1.165, 1.54) is 0 Å². The molecule has 0 spiro atoms. The van der Waals surface area contributed by atoms with Gasteiger partial charge < -0.3 is 19.3 Å². The molecule has 2 fully saturated rings. The van der Waals surface area contributed by atoms with Gasteiger partial charge in [-0.25, -0.2) is 0 Å². The Morgan fingerprint density at radius 2 is 1.71 bits per heavy atom. The van der Waals surface area contributed by atoms with Gasteiger partial charge in [0.15, 0.2) is 6.10 Å². The van der Waals surface area contributed by atoms with Gasteiger partial charge in [-0.1, -0.05) is 0 Å². The van der Waals surface area contributed by atoms with Crippen molar-refractivity contribution in [1.29, 1.82) is 5.26 Å². The van der Waals surface area contributed by atoms with Crippen molar-refractivity contribution in [3.05, 3.63) is 5.28 Å². The minimum absolute atomic E-state index is 0.154. The molecule has 1 aromatic heterocycles. The van der Waals surface area contributed by atoms with Gasteiger partial charge >= 0.3 is 0 Å². The van der Waals surface area contributed by atoms with Crippen LogP contribution in [0.5, 0.6) is 0 Å². The summed E-state index contributed by atoms with van der Waals surface area (Å²) in [4.78, 5) is 16.7. The summed E-state index contributed by atoms with van der Waals surface area (Å²) < 4.78 is 10.6. The maximum atomic E-state index is 8.97. The maximum Gasteiger partial charge on any atom is 0.231 e. The van der Waals surface area contributed by atoms with Crippen LogP contribution in [0.4, 0.5) is 11.9 Å². The predicted molar refractivity (Wildman–Crippen MR) is 75.4 cm³/mol. The second kappa shape index (κ2) is 6.39. The largest absolute Gasteiger partial charge is 0.378 e. The Balaban J connectivity index is 1.82. The average molecular weight is 311 g/mol. The molecule has 0 amide bonds. The van der Waals surface area contributed by atoms with Crippen molar-refractivity contribution in [1.82, 2.24) is 15.0 Å². The van der Waals surface area contributed by atoms with Gasteiger partial charge in [0, 0.05) is 19.6 Å². The van der Waals surface area contributed by atoms with E-state index in [0.29, 0.717) is 44.8 Å². The first-order chi connectivity index (χ1) is 10.3. The quantitative estimate of drug-likeness (QED) is 0.759. The zero-order valence-corrected chi connectivity index (χ0v) is 12.2. The van der Waals surface area contributed by atoms with E-state index in [1.54, 1.807) is 0 Å². The van der Waals surface area contributed by atoms with Crippen LogP contribution in [-0.2, 0) is 9.47 Å². The molecule has 1 aromatic rings. The van der Waals surface area contributed by atoms with Gasteiger partial charge in [0.05, 0.1) is 32.4 Å². The summed E-state index contributed by atoms with van der Waals surface area (Å²) in [6.45, 7) is 4.27. The fourth-order valence-electron chi connectivity index (χ4n) is 2.28. The molecule has 0 aromatic carbocycles. The van der Waals surface area contributed by atoms with Crippen molar-refractivity contribution in [3.8, 4) is 6.07 Å². The van der Waals surface area contributed by atoms with E-state index < -0.39 is 6.10 Å². The first-order valence-electron chi connectivity index (χ1n) is 6.77. The molecule has 0 N–H and O–H groups in total. The lowest BCUT2D eigenvalue weighted by Gasteiger charge is -2.31. The minimum Gasteiger partial charge on any atom is -0.378 e. The Hall–Kier alpha value is -1.69. The number of halogens is 1. The molecule has 2 saturated heterocycles. The molecule has 2 aliphatic heterocycles. The number of hydrogen-bond acceptors (Lipinski definition) is 8. The average Bonchev–Trinajstić information content (AvgIpc) is 2.55. The van der Waals surface area contributed by atoms with Crippen molar-refractivity contribution in [3.63, 3.8) is 0 Å². The summed E-state index contributed by atoms with van der Waals surface area (Å²) in [5, 5.41) is 9.12. The summed E-state index contributed by atoms with van der Waals surface area (Å²) in [7, 11) is 0. The van der Waals surface area contributed by atoms with Gasteiger partial charge in [-0.2, -0.15) is 20.2 Å². The molecule has 0 bridgehead atoms. The molecule has 0 aliphatic carbocycles. The summed E-state index contributed by atoms with van der Waals surface area (Å²) in [5.74, 6) is 1.04. The van der Waals surface area contributed by atoms with E-state index in [2.05, 4.69) is 21.0 Å². The topological polar surface area (TPSA) is 87.4 Å². The molecular weight excluding hydrogens is 296 g/mol.